The number of amides is 1. The Hall–Kier alpha value is -2.99. The lowest BCUT2D eigenvalue weighted by Gasteiger charge is -2.07. The lowest BCUT2D eigenvalue weighted by molar-refractivity contribution is 0.102. The first-order chi connectivity index (χ1) is 12.6. The molecule has 0 spiro atoms. The quantitative estimate of drug-likeness (QED) is 0.683. The molecule has 0 bridgehead atoms. The van der Waals surface area contributed by atoms with Gasteiger partial charge in [-0.1, -0.05) is 29.8 Å². The Balaban J connectivity index is 1.52. The van der Waals surface area contributed by atoms with E-state index >= 15 is 0 Å². The third-order valence-electron chi connectivity index (χ3n) is 3.61. The van der Waals surface area contributed by atoms with Crippen LogP contribution in [0.2, 0.25) is 5.02 Å². The number of hydrogen-bond acceptors (Lipinski definition) is 4. The van der Waals surface area contributed by atoms with Gasteiger partial charge in [0.1, 0.15) is 11.6 Å². The fraction of sp³-hybridized carbons (Fsp3) is 0.105. The molecule has 1 amide bonds. The molecule has 26 heavy (non-hydrogen) atoms. The summed E-state index contributed by atoms with van der Waals surface area (Å²) in [7, 11) is 0. The molecular weight excluding hydrogens is 355 g/mol. The zero-order valence-corrected chi connectivity index (χ0v) is 14.5. The van der Waals surface area contributed by atoms with Gasteiger partial charge in [-0.15, -0.1) is 10.2 Å². The highest BCUT2D eigenvalue weighted by Gasteiger charge is 2.09. The summed E-state index contributed by atoms with van der Waals surface area (Å²) >= 11 is 5.89. The van der Waals surface area contributed by atoms with Crippen LogP contribution in [0.3, 0.4) is 0 Å². The second kappa shape index (κ2) is 8.40. The molecule has 1 heterocycles. The van der Waals surface area contributed by atoms with E-state index in [1.807, 2.05) is 0 Å². The van der Waals surface area contributed by atoms with Crippen molar-refractivity contribution >= 4 is 29.0 Å². The maximum Gasteiger partial charge on any atom is 0.276 e. The summed E-state index contributed by atoms with van der Waals surface area (Å²) in [4.78, 5) is 12.2. The molecule has 0 fully saturated rings. The minimum Gasteiger partial charge on any atom is -0.368 e. The van der Waals surface area contributed by atoms with Gasteiger partial charge < -0.3 is 10.6 Å². The monoisotopic (exact) mass is 370 g/mol. The molecule has 0 atom stereocenters. The smallest absolute Gasteiger partial charge is 0.276 e. The van der Waals surface area contributed by atoms with Crippen LogP contribution >= 0.6 is 11.6 Å². The molecule has 0 saturated heterocycles. The van der Waals surface area contributed by atoms with Crippen molar-refractivity contribution in [1.29, 1.82) is 0 Å². The van der Waals surface area contributed by atoms with Crippen LogP contribution in [0.15, 0.2) is 60.7 Å². The van der Waals surface area contributed by atoms with Gasteiger partial charge in [0.15, 0.2) is 5.69 Å². The van der Waals surface area contributed by atoms with Crippen LogP contribution in [-0.2, 0) is 6.42 Å². The normalized spacial score (nSPS) is 10.4. The van der Waals surface area contributed by atoms with Crippen molar-refractivity contribution in [3.63, 3.8) is 0 Å². The van der Waals surface area contributed by atoms with E-state index in [1.54, 1.807) is 48.5 Å². The van der Waals surface area contributed by atoms with E-state index in [4.69, 9.17) is 11.6 Å². The molecule has 7 heteroatoms. The minimum atomic E-state index is -0.363. The molecule has 132 valence electrons. The average Bonchev–Trinajstić information content (AvgIpc) is 2.64. The molecule has 0 saturated carbocycles. The highest BCUT2D eigenvalue weighted by molar-refractivity contribution is 6.30. The Bertz CT molecular complexity index is 885. The van der Waals surface area contributed by atoms with Crippen LogP contribution in [-0.4, -0.2) is 22.6 Å². The molecule has 2 aromatic carbocycles. The van der Waals surface area contributed by atoms with E-state index in [0.717, 1.165) is 12.0 Å². The van der Waals surface area contributed by atoms with Gasteiger partial charge in [-0.3, -0.25) is 4.79 Å². The summed E-state index contributed by atoms with van der Waals surface area (Å²) < 4.78 is 12.9. The fourth-order valence-electron chi connectivity index (χ4n) is 2.29. The van der Waals surface area contributed by atoms with Crippen LogP contribution < -0.4 is 10.6 Å². The molecule has 0 aliphatic rings. The van der Waals surface area contributed by atoms with E-state index < -0.39 is 0 Å². The Labute approximate surface area is 155 Å². The van der Waals surface area contributed by atoms with Gasteiger partial charge in [-0.05, 0) is 54.4 Å². The van der Waals surface area contributed by atoms with Crippen molar-refractivity contribution in [1.82, 2.24) is 10.2 Å². The first-order valence-corrected chi connectivity index (χ1v) is 8.37. The van der Waals surface area contributed by atoms with Crippen molar-refractivity contribution in [2.45, 2.75) is 6.42 Å². The minimum absolute atomic E-state index is 0.203. The number of anilines is 2. The lowest BCUT2D eigenvalue weighted by atomic mass is 10.1. The Kier molecular flexibility index (Phi) is 5.76. The first kappa shape index (κ1) is 17.8. The Morgan fingerprint density at radius 3 is 2.54 bits per heavy atom. The van der Waals surface area contributed by atoms with Crippen LogP contribution in [0, 0.1) is 5.82 Å². The number of nitrogens with one attached hydrogen (secondary N) is 2. The zero-order valence-electron chi connectivity index (χ0n) is 13.7. The molecule has 0 aliphatic carbocycles. The SMILES string of the molecule is O=C(Nc1cccc(Cl)c1)c1ccc(NCCc2ccc(F)cc2)nn1. The van der Waals surface area contributed by atoms with Gasteiger partial charge in [0, 0.05) is 17.3 Å². The topological polar surface area (TPSA) is 66.9 Å². The number of hydrogen-bond donors (Lipinski definition) is 2. The van der Waals surface area contributed by atoms with Crippen molar-refractivity contribution in [2.75, 3.05) is 17.2 Å². The summed E-state index contributed by atoms with van der Waals surface area (Å²) in [6.45, 7) is 0.619. The maximum absolute atomic E-state index is 12.9. The average molecular weight is 371 g/mol. The highest BCUT2D eigenvalue weighted by atomic mass is 35.5. The fourth-order valence-corrected chi connectivity index (χ4v) is 2.49. The second-order valence-electron chi connectivity index (χ2n) is 5.57. The largest absolute Gasteiger partial charge is 0.368 e. The van der Waals surface area contributed by atoms with E-state index in [1.165, 1.54) is 12.1 Å². The van der Waals surface area contributed by atoms with E-state index in [9.17, 15) is 9.18 Å². The summed E-state index contributed by atoms with van der Waals surface area (Å²) in [5.41, 5.74) is 1.81. The highest BCUT2D eigenvalue weighted by Crippen LogP contribution is 2.15. The van der Waals surface area contributed by atoms with E-state index in [-0.39, 0.29) is 17.4 Å². The van der Waals surface area contributed by atoms with E-state index in [2.05, 4.69) is 20.8 Å². The number of benzene rings is 2. The van der Waals surface area contributed by atoms with Gasteiger partial charge in [-0.2, -0.15) is 0 Å². The molecule has 0 aliphatic heterocycles. The molecule has 0 radical (unpaired) electrons. The van der Waals surface area contributed by atoms with Crippen LogP contribution in [0.5, 0.6) is 0 Å². The maximum atomic E-state index is 12.9. The van der Waals surface area contributed by atoms with Gasteiger partial charge in [0.2, 0.25) is 0 Å². The van der Waals surface area contributed by atoms with Crippen LogP contribution in [0.25, 0.3) is 0 Å². The number of aromatic nitrogens is 2. The first-order valence-electron chi connectivity index (χ1n) is 7.99. The third-order valence-corrected chi connectivity index (χ3v) is 3.85. The number of nitrogens with zero attached hydrogens (tertiary/aromatic N) is 2. The number of rotatable bonds is 6. The van der Waals surface area contributed by atoms with Gasteiger partial charge >= 0.3 is 0 Å². The van der Waals surface area contributed by atoms with E-state index in [0.29, 0.717) is 23.1 Å². The summed E-state index contributed by atoms with van der Waals surface area (Å²) in [5.74, 6) is -0.0525. The number of halogens is 2. The zero-order chi connectivity index (χ0) is 18.4. The predicted octanol–water partition coefficient (Wildman–Crippen LogP) is 4.18. The van der Waals surface area contributed by atoms with Crippen molar-refractivity contribution in [3.05, 3.63) is 82.8 Å². The number of carbonyl (C=O) groups excluding carboxylic acids is 1. The van der Waals surface area contributed by atoms with Crippen molar-refractivity contribution < 1.29 is 9.18 Å². The van der Waals surface area contributed by atoms with Crippen LogP contribution in [0.1, 0.15) is 16.1 Å². The van der Waals surface area contributed by atoms with Gasteiger partial charge in [-0.25, -0.2) is 4.39 Å². The molecule has 5 nitrogen and oxygen atoms in total. The molecule has 3 rings (SSSR count). The standard InChI is InChI=1S/C19H16ClFN4O/c20-14-2-1-3-16(12-14)23-19(26)17-8-9-18(25-24-17)22-11-10-13-4-6-15(21)7-5-13/h1-9,12H,10-11H2,(H,22,25)(H,23,26). The van der Waals surface area contributed by atoms with Gasteiger partial charge in [0.25, 0.3) is 5.91 Å². The van der Waals surface area contributed by atoms with Gasteiger partial charge in [0.05, 0.1) is 0 Å². The second-order valence-corrected chi connectivity index (χ2v) is 6.01. The molecule has 2 N–H and O–H groups in total. The Morgan fingerprint density at radius 1 is 1.04 bits per heavy atom. The predicted molar refractivity (Wildman–Crippen MR) is 100 cm³/mol. The summed E-state index contributed by atoms with van der Waals surface area (Å²) in [6.07, 6.45) is 0.721. The summed E-state index contributed by atoms with van der Waals surface area (Å²) in [5, 5.41) is 14.3. The molecular formula is C19H16ClFN4O. The lowest BCUT2D eigenvalue weighted by Crippen LogP contribution is -2.15. The third kappa shape index (κ3) is 5.00. The number of carbonyl (C=O) groups is 1. The molecule has 1 aromatic heterocycles. The Morgan fingerprint density at radius 2 is 1.85 bits per heavy atom. The van der Waals surface area contributed by atoms with Crippen molar-refractivity contribution in [3.8, 4) is 0 Å². The van der Waals surface area contributed by atoms with Crippen LogP contribution in [0.4, 0.5) is 15.9 Å². The van der Waals surface area contributed by atoms with Crippen molar-refractivity contribution in [2.24, 2.45) is 0 Å². The molecule has 0 unspecified atom stereocenters. The summed E-state index contributed by atoms with van der Waals surface area (Å²) in [6, 6.07) is 16.5. The molecule has 3 aromatic rings.